The molecule has 4 rings (SSSR count). The Bertz CT molecular complexity index is 1000. The molecule has 2 heterocycles. The third-order valence-corrected chi connectivity index (χ3v) is 4.57. The van der Waals surface area contributed by atoms with E-state index in [1.54, 1.807) is 12.1 Å². The first-order chi connectivity index (χ1) is 12.6. The fourth-order valence-corrected chi connectivity index (χ4v) is 3.27. The largest absolute Gasteiger partial charge is 0.361 e. The first-order valence-electron chi connectivity index (χ1n) is 8.51. The number of halogens is 1. The van der Waals surface area contributed by atoms with Gasteiger partial charge < -0.3 is 4.98 Å². The van der Waals surface area contributed by atoms with Gasteiger partial charge in [-0.1, -0.05) is 44.2 Å². The van der Waals surface area contributed by atoms with Gasteiger partial charge in [0.15, 0.2) is 5.84 Å². The Morgan fingerprint density at radius 1 is 1.08 bits per heavy atom. The van der Waals surface area contributed by atoms with Crippen LogP contribution in [0.15, 0.2) is 64.9 Å². The molecule has 0 fully saturated rings. The van der Waals surface area contributed by atoms with Crippen LogP contribution in [0.3, 0.4) is 0 Å². The first kappa shape index (κ1) is 16.5. The van der Waals surface area contributed by atoms with Gasteiger partial charge in [0.2, 0.25) is 0 Å². The topological polar surface area (TPSA) is 64.0 Å². The molecule has 0 spiro atoms. The highest BCUT2D eigenvalue weighted by Crippen LogP contribution is 2.34. The number of aromatic nitrogens is 1. The number of rotatable bonds is 3. The van der Waals surface area contributed by atoms with Gasteiger partial charge in [0.25, 0.3) is 0 Å². The average molecular weight is 350 g/mol. The van der Waals surface area contributed by atoms with Crippen molar-refractivity contribution in [1.29, 1.82) is 0 Å². The second kappa shape index (κ2) is 6.38. The van der Waals surface area contributed by atoms with E-state index in [2.05, 4.69) is 15.2 Å². The van der Waals surface area contributed by atoms with Crippen LogP contribution in [0.4, 0.5) is 4.39 Å². The fourth-order valence-electron chi connectivity index (χ4n) is 3.27. The molecule has 2 aromatic carbocycles. The van der Waals surface area contributed by atoms with E-state index < -0.39 is 6.04 Å². The van der Waals surface area contributed by atoms with Crippen LogP contribution >= 0.6 is 0 Å². The molecule has 0 bridgehead atoms. The number of aromatic amines is 1. The number of amidine groups is 1. The Morgan fingerprint density at radius 3 is 2.54 bits per heavy atom. The summed E-state index contributed by atoms with van der Waals surface area (Å²) in [5.41, 5.74) is 3.15. The third kappa shape index (κ3) is 2.68. The molecule has 1 aliphatic rings. The van der Waals surface area contributed by atoms with Crippen LogP contribution in [0, 0.1) is 11.7 Å². The van der Waals surface area contributed by atoms with Crippen LogP contribution in [0.2, 0.25) is 0 Å². The summed E-state index contributed by atoms with van der Waals surface area (Å²) < 4.78 is 13.3. The third-order valence-electron chi connectivity index (χ3n) is 4.57. The highest BCUT2D eigenvalue weighted by molar-refractivity contribution is 6.09. The minimum absolute atomic E-state index is 0.00576. The molecule has 0 amide bonds. The summed E-state index contributed by atoms with van der Waals surface area (Å²) in [5, 5.41) is 21.7. The van der Waals surface area contributed by atoms with Crippen LogP contribution in [0.1, 0.15) is 31.0 Å². The van der Waals surface area contributed by atoms with Crippen LogP contribution < -0.4 is 0 Å². The zero-order valence-corrected chi connectivity index (χ0v) is 14.5. The van der Waals surface area contributed by atoms with Gasteiger partial charge >= 0.3 is 0 Å². The number of nitrogens with one attached hydrogen (secondary N) is 1. The Hall–Kier alpha value is -2.99. The maximum atomic E-state index is 13.3. The molecule has 0 unspecified atom stereocenters. The number of fused-ring (bicyclic) bond motifs is 1. The highest BCUT2D eigenvalue weighted by atomic mass is 19.1. The monoisotopic (exact) mass is 350 g/mol. The number of para-hydroxylation sites is 1. The molecule has 0 radical (unpaired) electrons. The molecule has 5 nitrogen and oxygen atoms in total. The van der Waals surface area contributed by atoms with Crippen molar-refractivity contribution in [2.24, 2.45) is 16.1 Å². The standard InChI is InChI=1S/C20H19FN4O/c1-12(2)20-24-23-18(13-7-9-14(21)10-8-13)19(25(20)26)16-11-22-17-6-4-3-5-15(16)17/h3-12,19,22,26H,1-2H3/t19-/m1/s1. The minimum Gasteiger partial charge on any atom is -0.361 e. The summed E-state index contributed by atoms with van der Waals surface area (Å²) in [5.74, 6) is 0.179. The molecular weight excluding hydrogens is 331 g/mol. The van der Waals surface area contributed by atoms with Gasteiger partial charge in [-0.05, 0) is 18.2 Å². The van der Waals surface area contributed by atoms with E-state index in [1.807, 2.05) is 44.3 Å². The molecular formula is C20H19FN4O. The van der Waals surface area contributed by atoms with Gasteiger partial charge in [-0.25, -0.2) is 9.45 Å². The van der Waals surface area contributed by atoms with Gasteiger partial charge in [-0.2, -0.15) is 5.10 Å². The van der Waals surface area contributed by atoms with Crippen molar-refractivity contribution in [3.05, 3.63) is 71.7 Å². The summed E-state index contributed by atoms with van der Waals surface area (Å²) in [7, 11) is 0. The van der Waals surface area contributed by atoms with Crippen molar-refractivity contribution < 1.29 is 9.60 Å². The van der Waals surface area contributed by atoms with Gasteiger partial charge in [0, 0.05) is 34.1 Å². The average Bonchev–Trinajstić information content (AvgIpc) is 3.05. The second-order valence-electron chi connectivity index (χ2n) is 6.64. The SMILES string of the molecule is CC(C)C1=NN=C(c2ccc(F)cc2)[C@@H](c2c[nH]c3ccccc23)N1O. The predicted octanol–water partition coefficient (Wildman–Crippen LogP) is 4.51. The summed E-state index contributed by atoms with van der Waals surface area (Å²) in [6.07, 6.45) is 1.88. The lowest BCUT2D eigenvalue weighted by molar-refractivity contribution is -0.0397. The Morgan fingerprint density at radius 2 is 1.81 bits per heavy atom. The van der Waals surface area contributed by atoms with E-state index >= 15 is 0 Å². The van der Waals surface area contributed by atoms with E-state index in [9.17, 15) is 9.60 Å². The Balaban J connectivity index is 1.89. The van der Waals surface area contributed by atoms with Crippen molar-refractivity contribution in [1.82, 2.24) is 10.0 Å². The van der Waals surface area contributed by atoms with E-state index in [4.69, 9.17) is 0 Å². The van der Waals surface area contributed by atoms with Gasteiger partial charge in [-0.15, -0.1) is 5.10 Å². The number of hydroxylamine groups is 2. The molecule has 1 aliphatic heterocycles. The van der Waals surface area contributed by atoms with Gasteiger partial charge in [-0.3, -0.25) is 5.21 Å². The first-order valence-corrected chi connectivity index (χ1v) is 8.51. The number of benzene rings is 2. The molecule has 0 saturated carbocycles. The number of nitrogens with zero attached hydrogens (tertiary/aromatic N) is 3. The van der Waals surface area contributed by atoms with Crippen LogP contribution in [-0.4, -0.2) is 26.8 Å². The normalized spacial score (nSPS) is 17.6. The molecule has 1 atom stereocenters. The van der Waals surface area contributed by atoms with Crippen LogP contribution in [-0.2, 0) is 0 Å². The quantitative estimate of drug-likeness (QED) is 0.730. The van der Waals surface area contributed by atoms with E-state index in [0.29, 0.717) is 17.1 Å². The van der Waals surface area contributed by atoms with Crippen molar-refractivity contribution >= 4 is 22.5 Å². The highest BCUT2D eigenvalue weighted by Gasteiger charge is 2.34. The predicted molar refractivity (Wildman–Crippen MR) is 99.9 cm³/mol. The lowest BCUT2D eigenvalue weighted by atomic mass is 9.94. The van der Waals surface area contributed by atoms with Crippen molar-refractivity contribution in [2.45, 2.75) is 19.9 Å². The maximum absolute atomic E-state index is 13.3. The molecule has 132 valence electrons. The molecule has 1 aromatic heterocycles. The van der Waals surface area contributed by atoms with Crippen LogP contribution in [0.5, 0.6) is 0 Å². The lowest BCUT2D eigenvalue weighted by Crippen LogP contribution is -2.41. The fraction of sp³-hybridized carbons (Fsp3) is 0.200. The van der Waals surface area contributed by atoms with Crippen molar-refractivity contribution in [3.8, 4) is 0 Å². The molecule has 6 heteroatoms. The number of H-pyrrole nitrogens is 1. The van der Waals surface area contributed by atoms with Crippen LogP contribution in [0.25, 0.3) is 10.9 Å². The van der Waals surface area contributed by atoms with Gasteiger partial charge in [0.05, 0.1) is 0 Å². The smallest absolute Gasteiger partial charge is 0.154 e. The van der Waals surface area contributed by atoms with Crippen molar-refractivity contribution in [3.63, 3.8) is 0 Å². The Labute approximate surface area is 150 Å². The molecule has 0 aliphatic carbocycles. The van der Waals surface area contributed by atoms with E-state index in [0.717, 1.165) is 16.5 Å². The molecule has 2 N–H and O–H groups in total. The minimum atomic E-state index is -0.536. The maximum Gasteiger partial charge on any atom is 0.154 e. The lowest BCUT2D eigenvalue weighted by Gasteiger charge is -2.33. The summed E-state index contributed by atoms with van der Waals surface area (Å²) in [4.78, 5) is 3.24. The van der Waals surface area contributed by atoms with E-state index in [-0.39, 0.29) is 11.7 Å². The van der Waals surface area contributed by atoms with Gasteiger partial charge in [0.1, 0.15) is 17.6 Å². The summed E-state index contributed by atoms with van der Waals surface area (Å²) >= 11 is 0. The zero-order valence-electron chi connectivity index (χ0n) is 14.5. The summed E-state index contributed by atoms with van der Waals surface area (Å²) in [6.45, 7) is 3.90. The molecule has 0 saturated heterocycles. The second-order valence-corrected chi connectivity index (χ2v) is 6.64. The zero-order chi connectivity index (χ0) is 18.3. The molecule has 26 heavy (non-hydrogen) atoms. The summed E-state index contributed by atoms with van der Waals surface area (Å²) in [6, 6.07) is 13.4. The molecule has 3 aromatic rings. The van der Waals surface area contributed by atoms with E-state index in [1.165, 1.54) is 17.2 Å². The number of hydrogen-bond donors (Lipinski definition) is 2. The number of hydrogen-bond acceptors (Lipinski definition) is 4. The Kier molecular flexibility index (Phi) is 4.05. The van der Waals surface area contributed by atoms with Crippen molar-refractivity contribution in [2.75, 3.05) is 0 Å².